The fourth-order valence-electron chi connectivity index (χ4n) is 5.09. The Hall–Kier alpha value is -1.99. The van der Waals surface area contributed by atoms with Crippen molar-refractivity contribution in [2.45, 2.75) is 77.1 Å². The Morgan fingerprint density at radius 3 is 2.06 bits per heavy atom. The van der Waals surface area contributed by atoms with Gasteiger partial charge < -0.3 is 14.1 Å². The van der Waals surface area contributed by atoms with Gasteiger partial charge in [0.15, 0.2) is 0 Å². The molecule has 0 atom stereocenters. The molecule has 1 aliphatic rings. The van der Waals surface area contributed by atoms with Crippen molar-refractivity contribution >= 4 is 14.0 Å². The van der Waals surface area contributed by atoms with Gasteiger partial charge in [0.1, 0.15) is 11.6 Å². The molecule has 3 rings (SSSR count). The van der Waals surface area contributed by atoms with Gasteiger partial charge in [-0.05, 0) is 41.6 Å². The molecule has 0 saturated carbocycles. The van der Waals surface area contributed by atoms with Gasteiger partial charge in [-0.25, -0.2) is 14.4 Å². The summed E-state index contributed by atoms with van der Waals surface area (Å²) in [5, 5.41) is 0. The highest BCUT2D eigenvalue weighted by Gasteiger charge is 2.46. The first-order valence-corrected chi connectivity index (χ1v) is 13.5. The third-order valence-corrected chi connectivity index (χ3v) is 12.7. The first-order chi connectivity index (χ1) is 14.7. The number of aromatic nitrogens is 2. The van der Waals surface area contributed by atoms with Crippen LogP contribution in [0.3, 0.4) is 0 Å². The van der Waals surface area contributed by atoms with Gasteiger partial charge in [-0.15, -0.1) is 0 Å². The molecule has 2 heterocycles. The maximum atomic E-state index is 13.3. The number of benzene rings is 1. The van der Waals surface area contributed by atoms with E-state index in [1.807, 2.05) is 0 Å². The first kappa shape index (κ1) is 23.7. The maximum absolute atomic E-state index is 13.3. The standard InChI is InChI=1S/C24H36FN3O2Si/c1-17(2)31(18(3)4,19(5)6)30-22-10-12-28(13-11-22)21-15-26-24(27-16-21)29-23-9-7-8-20(25)14-23/h7-9,14-19,22H,10-13H2,1-6H3. The summed E-state index contributed by atoms with van der Waals surface area (Å²) in [6.45, 7) is 15.9. The number of hydrogen-bond donors (Lipinski definition) is 0. The van der Waals surface area contributed by atoms with E-state index in [1.54, 1.807) is 24.5 Å². The second-order valence-electron chi connectivity index (χ2n) is 9.41. The van der Waals surface area contributed by atoms with Gasteiger partial charge >= 0.3 is 6.01 Å². The molecule has 170 valence electrons. The average Bonchev–Trinajstić information content (AvgIpc) is 2.72. The quantitative estimate of drug-likeness (QED) is 0.430. The van der Waals surface area contributed by atoms with Crippen LogP contribution in [0.1, 0.15) is 54.4 Å². The molecule has 0 N–H and O–H groups in total. The highest BCUT2D eigenvalue weighted by atomic mass is 28.4. The molecule has 0 aliphatic carbocycles. The van der Waals surface area contributed by atoms with Crippen LogP contribution in [0, 0.1) is 5.82 Å². The molecule has 1 saturated heterocycles. The summed E-state index contributed by atoms with van der Waals surface area (Å²) < 4.78 is 25.8. The molecule has 0 bridgehead atoms. The van der Waals surface area contributed by atoms with Gasteiger partial charge in [-0.2, -0.15) is 0 Å². The highest BCUT2D eigenvalue weighted by molar-refractivity contribution is 6.77. The van der Waals surface area contributed by atoms with Crippen molar-refractivity contribution < 1.29 is 13.6 Å². The third kappa shape index (κ3) is 5.44. The Kier molecular flexibility index (Phi) is 7.70. The fourth-order valence-corrected chi connectivity index (χ4v) is 10.7. The predicted octanol–water partition coefficient (Wildman–Crippen LogP) is 6.57. The second kappa shape index (κ2) is 10.1. The van der Waals surface area contributed by atoms with E-state index in [2.05, 4.69) is 56.4 Å². The molecule has 1 fully saturated rings. The molecule has 0 spiro atoms. The Balaban J connectivity index is 1.59. The number of hydrogen-bond acceptors (Lipinski definition) is 5. The van der Waals surface area contributed by atoms with Crippen LogP contribution in [0.5, 0.6) is 11.8 Å². The van der Waals surface area contributed by atoms with Gasteiger partial charge in [0.25, 0.3) is 0 Å². The number of rotatable bonds is 8. The fraction of sp³-hybridized carbons (Fsp3) is 0.583. The predicted molar refractivity (Wildman–Crippen MR) is 126 cm³/mol. The van der Waals surface area contributed by atoms with Crippen molar-refractivity contribution in [3.05, 3.63) is 42.5 Å². The molecule has 0 amide bonds. The molecule has 7 heteroatoms. The Labute approximate surface area is 187 Å². The minimum Gasteiger partial charge on any atom is -0.424 e. The topological polar surface area (TPSA) is 47.5 Å². The largest absolute Gasteiger partial charge is 0.424 e. The summed E-state index contributed by atoms with van der Waals surface area (Å²) in [5.74, 6) is 0.0394. The molecule has 1 aromatic carbocycles. The third-order valence-electron chi connectivity index (χ3n) is 6.50. The molecule has 5 nitrogen and oxygen atoms in total. The number of nitrogens with zero attached hydrogens (tertiary/aromatic N) is 3. The van der Waals surface area contributed by atoms with Crippen LogP contribution in [0.25, 0.3) is 0 Å². The van der Waals surface area contributed by atoms with E-state index in [-0.39, 0.29) is 11.8 Å². The van der Waals surface area contributed by atoms with Crippen molar-refractivity contribution in [2.75, 3.05) is 18.0 Å². The SMILES string of the molecule is CC(C)[Si](OC1CCN(c2cnc(Oc3cccc(F)c3)nc2)CC1)(C(C)C)C(C)C. The van der Waals surface area contributed by atoms with Crippen LogP contribution in [0.15, 0.2) is 36.7 Å². The van der Waals surface area contributed by atoms with Crippen molar-refractivity contribution in [3.8, 4) is 11.8 Å². The van der Waals surface area contributed by atoms with Crippen molar-refractivity contribution in [1.29, 1.82) is 0 Å². The van der Waals surface area contributed by atoms with E-state index >= 15 is 0 Å². The number of anilines is 1. The number of piperidine rings is 1. The Morgan fingerprint density at radius 2 is 1.55 bits per heavy atom. The summed E-state index contributed by atoms with van der Waals surface area (Å²) >= 11 is 0. The van der Waals surface area contributed by atoms with Crippen LogP contribution in [-0.2, 0) is 4.43 Å². The molecule has 2 aromatic rings. The van der Waals surface area contributed by atoms with Gasteiger partial charge in [0.05, 0.1) is 18.1 Å². The van der Waals surface area contributed by atoms with Gasteiger partial charge in [-0.1, -0.05) is 47.6 Å². The first-order valence-electron chi connectivity index (χ1n) is 11.4. The van der Waals surface area contributed by atoms with Crippen LogP contribution >= 0.6 is 0 Å². The van der Waals surface area contributed by atoms with Crippen molar-refractivity contribution in [1.82, 2.24) is 9.97 Å². The summed E-state index contributed by atoms with van der Waals surface area (Å²) in [7, 11) is -1.85. The van der Waals surface area contributed by atoms with Crippen LogP contribution in [0.4, 0.5) is 10.1 Å². The lowest BCUT2D eigenvalue weighted by molar-refractivity contribution is 0.146. The smallest absolute Gasteiger partial charge is 0.322 e. The maximum Gasteiger partial charge on any atom is 0.322 e. The van der Waals surface area contributed by atoms with Gasteiger partial charge in [0, 0.05) is 25.3 Å². The summed E-state index contributed by atoms with van der Waals surface area (Å²) in [4.78, 5) is 10.9. The lowest BCUT2D eigenvalue weighted by Crippen LogP contribution is -2.52. The number of ether oxygens (including phenoxy) is 1. The molecule has 1 aromatic heterocycles. The zero-order valence-electron chi connectivity index (χ0n) is 19.6. The molecular formula is C24H36FN3O2Si. The van der Waals surface area contributed by atoms with Crippen molar-refractivity contribution in [3.63, 3.8) is 0 Å². The van der Waals surface area contributed by atoms with E-state index in [1.165, 1.54) is 12.1 Å². The molecule has 0 radical (unpaired) electrons. The Morgan fingerprint density at radius 1 is 0.968 bits per heavy atom. The van der Waals surface area contributed by atoms with Crippen LogP contribution < -0.4 is 9.64 Å². The Bertz CT molecular complexity index is 815. The summed E-state index contributed by atoms with van der Waals surface area (Å²) in [6.07, 6.45) is 5.91. The summed E-state index contributed by atoms with van der Waals surface area (Å²) in [6, 6.07) is 6.19. The van der Waals surface area contributed by atoms with Gasteiger partial charge in [0.2, 0.25) is 8.32 Å². The zero-order chi connectivity index (χ0) is 22.6. The highest BCUT2D eigenvalue weighted by Crippen LogP contribution is 2.44. The second-order valence-corrected chi connectivity index (χ2v) is 14.8. The minimum absolute atomic E-state index is 0.217. The lowest BCUT2D eigenvalue weighted by atomic mass is 10.1. The van der Waals surface area contributed by atoms with E-state index in [0.717, 1.165) is 31.6 Å². The normalized spacial score (nSPS) is 15.9. The minimum atomic E-state index is -1.85. The van der Waals surface area contributed by atoms with E-state index in [0.29, 0.717) is 28.5 Å². The summed E-state index contributed by atoms with van der Waals surface area (Å²) in [5.41, 5.74) is 2.78. The van der Waals surface area contributed by atoms with E-state index in [4.69, 9.17) is 9.16 Å². The monoisotopic (exact) mass is 445 g/mol. The lowest BCUT2D eigenvalue weighted by Gasteiger charge is -2.46. The van der Waals surface area contributed by atoms with Crippen LogP contribution in [0.2, 0.25) is 16.6 Å². The molecule has 1 aliphatic heterocycles. The van der Waals surface area contributed by atoms with Crippen molar-refractivity contribution in [2.24, 2.45) is 0 Å². The molecule has 0 unspecified atom stereocenters. The average molecular weight is 446 g/mol. The number of halogens is 1. The van der Waals surface area contributed by atoms with Gasteiger partial charge in [-0.3, -0.25) is 0 Å². The zero-order valence-corrected chi connectivity index (χ0v) is 20.6. The van der Waals surface area contributed by atoms with Crippen LogP contribution in [-0.4, -0.2) is 37.5 Å². The van der Waals surface area contributed by atoms with E-state index < -0.39 is 8.32 Å². The molecular weight excluding hydrogens is 409 g/mol. The molecule has 31 heavy (non-hydrogen) atoms. The van der Waals surface area contributed by atoms with E-state index in [9.17, 15) is 4.39 Å².